The van der Waals surface area contributed by atoms with E-state index in [0.29, 0.717) is 0 Å². The fraction of sp³-hybridized carbons (Fsp3) is 0.769. The molecule has 0 heterocycles. The lowest BCUT2D eigenvalue weighted by Crippen LogP contribution is -2.44. The van der Waals surface area contributed by atoms with Gasteiger partial charge in [0, 0.05) is 6.42 Å². The van der Waals surface area contributed by atoms with Crippen LogP contribution in [0.2, 0.25) is 0 Å². The van der Waals surface area contributed by atoms with Crippen LogP contribution < -0.4 is 0 Å². The summed E-state index contributed by atoms with van der Waals surface area (Å²) in [6.45, 7) is 16.5. The van der Waals surface area contributed by atoms with E-state index >= 15 is 0 Å². The average molecular weight is 409 g/mol. The molecular weight excluding hydrogens is 360 g/mol. The SMILES string of the molecule is CCCCCCCCCC(OC(C)C)(OC(C)C)OC(C)C.Cc1ccccc1. The molecule has 0 unspecified atom stereocenters. The highest BCUT2D eigenvalue weighted by molar-refractivity contribution is 5.11. The summed E-state index contributed by atoms with van der Waals surface area (Å²) < 4.78 is 18.2. The molecular formula is C26H48O3. The summed E-state index contributed by atoms with van der Waals surface area (Å²) in [7, 11) is 0. The minimum atomic E-state index is -0.889. The summed E-state index contributed by atoms with van der Waals surface area (Å²) in [4.78, 5) is 0. The molecule has 1 aromatic rings. The van der Waals surface area contributed by atoms with E-state index in [1.54, 1.807) is 0 Å². The van der Waals surface area contributed by atoms with Crippen LogP contribution in [0.1, 0.15) is 105 Å². The van der Waals surface area contributed by atoms with Gasteiger partial charge in [-0.2, -0.15) is 0 Å². The molecule has 0 saturated heterocycles. The molecule has 0 spiro atoms. The highest BCUT2D eigenvalue weighted by Gasteiger charge is 2.36. The highest BCUT2D eigenvalue weighted by Crippen LogP contribution is 2.28. The number of hydrogen-bond donors (Lipinski definition) is 0. The van der Waals surface area contributed by atoms with Crippen molar-refractivity contribution < 1.29 is 14.2 Å². The van der Waals surface area contributed by atoms with Crippen molar-refractivity contribution in [2.24, 2.45) is 0 Å². The van der Waals surface area contributed by atoms with Gasteiger partial charge in [-0.25, -0.2) is 0 Å². The van der Waals surface area contributed by atoms with E-state index in [2.05, 4.69) is 26.0 Å². The molecule has 170 valence electrons. The quantitative estimate of drug-likeness (QED) is 0.230. The van der Waals surface area contributed by atoms with Crippen LogP contribution in [0.5, 0.6) is 0 Å². The van der Waals surface area contributed by atoms with Crippen LogP contribution in [-0.2, 0) is 14.2 Å². The first kappa shape index (κ1) is 28.1. The molecule has 0 radical (unpaired) electrons. The minimum Gasteiger partial charge on any atom is -0.325 e. The first-order valence-corrected chi connectivity index (χ1v) is 11.8. The van der Waals surface area contributed by atoms with Crippen molar-refractivity contribution in [3.63, 3.8) is 0 Å². The van der Waals surface area contributed by atoms with Crippen LogP contribution in [0.25, 0.3) is 0 Å². The number of unbranched alkanes of at least 4 members (excludes halogenated alkanes) is 6. The maximum atomic E-state index is 6.06. The second-order valence-corrected chi connectivity index (χ2v) is 8.71. The Morgan fingerprint density at radius 3 is 1.41 bits per heavy atom. The van der Waals surface area contributed by atoms with Crippen LogP contribution in [0.3, 0.4) is 0 Å². The summed E-state index contributed by atoms with van der Waals surface area (Å²) in [6.07, 6.45) is 10.00. The van der Waals surface area contributed by atoms with Crippen LogP contribution in [0.4, 0.5) is 0 Å². The summed E-state index contributed by atoms with van der Waals surface area (Å²) >= 11 is 0. The largest absolute Gasteiger partial charge is 0.325 e. The van der Waals surface area contributed by atoms with Crippen molar-refractivity contribution in [2.45, 2.75) is 131 Å². The lowest BCUT2D eigenvalue weighted by molar-refractivity contribution is -0.412. The Labute approximate surface area is 181 Å². The zero-order valence-electron chi connectivity index (χ0n) is 20.5. The van der Waals surface area contributed by atoms with Gasteiger partial charge in [-0.05, 0) is 54.9 Å². The molecule has 1 rings (SSSR count). The molecule has 1 aromatic carbocycles. The predicted octanol–water partition coefficient (Wildman–Crippen LogP) is 8.05. The monoisotopic (exact) mass is 408 g/mol. The second-order valence-electron chi connectivity index (χ2n) is 8.71. The van der Waals surface area contributed by atoms with Crippen molar-refractivity contribution in [1.82, 2.24) is 0 Å². The van der Waals surface area contributed by atoms with Crippen molar-refractivity contribution in [1.29, 1.82) is 0 Å². The van der Waals surface area contributed by atoms with Gasteiger partial charge >= 0.3 is 0 Å². The van der Waals surface area contributed by atoms with E-state index in [1.807, 2.05) is 59.7 Å². The third-order valence-electron chi connectivity index (χ3n) is 4.27. The van der Waals surface area contributed by atoms with Gasteiger partial charge in [0.25, 0.3) is 5.97 Å². The molecule has 0 aromatic heterocycles. The number of benzene rings is 1. The minimum absolute atomic E-state index is 0.0852. The molecule has 0 fully saturated rings. The average Bonchev–Trinajstić information content (AvgIpc) is 2.60. The van der Waals surface area contributed by atoms with Crippen molar-refractivity contribution in [3.05, 3.63) is 35.9 Å². The fourth-order valence-corrected chi connectivity index (χ4v) is 3.17. The number of aryl methyl sites for hydroxylation is 1. The third-order valence-corrected chi connectivity index (χ3v) is 4.27. The molecule has 0 aliphatic heterocycles. The number of ether oxygens (including phenoxy) is 3. The fourth-order valence-electron chi connectivity index (χ4n) is 3.17. The lowest BCUT2D eigenvalue weighted by atomic mass is 10.1. The number of hydrogen-bond acceptors (Lipinski definition) is 3. The van der Waals surface area contributed by atoms with Crippen LogP contribution in [-0.4, -0.2) is 24.3 Å². The van der Waals surface area contributed by atoms with Gasteiger partial charge in [0.2, 0.25) is 0 Å². The molecule has 0 aliphatic carbocycles. The maximum Gasteiger partial charge on any atom is 0.283 e. The highest BCUT2D eigenvalue weighted by atomic mass is 16.9. The molecule has 0 saturated carbocycles. The Kier molecular flexibility index (Phi) is 16.3. The van der Waals surface area contributed by atoms with Gasteiger partial charge in [0.15, 0.2) is 0 Å². The molecule has 3 nitrogen and oxygen atoms in total. The van der Waals surface area contributed by atoms with Crippen molar-refractivity contribution >= 4 is 0 Å². The molecule has 0 atom stereocenters. The molecule has 0 amide bonds. The van der Waals surface area contributed by atoms with Gasteiger partial charge in [-0.3, -0.25) is 0 Å². The van der Waals surface area contributed by atoms with Crippen LogP contribution in [0.15, 0.2) is 30.3 Å². The first-order valence-electron chi connectivity index (χ1n) is 11.8. The van der Waals surface area contributed by atoms with Crippen molar-refractivity contribution in [2.75, 3.05) is 0 Å². The lowest BCUT2D eigenvalue weighted by Gasteiger charge is -2.37. The zero-order chi connectivity index (χ0) is 22.1. The van der Waals surface area contributed by atoms with Gasteiger partial charge in [-0.15, -0.1) is 0 Å². The van der Waals surface area contributed by atoms with Crippen molar-refractivity contribution in [3.8, 4) is 0 Å². The van der Waals surface area contributed by atoms with Gasteiger partial charge < -0.3 is 14.2 Å². The second kappa shape index (κ2) is 16.8. The first-order chi connectivity index (χ1) is 13.7. The Bertz CT molecular complexity index is 442. The van der Waals surface area contributed by atoms with Crippen LogP contribution in [0, 0.1) is 6.92 Å². The Morgan fingerprint density at radius 2 is 1.07 bits per heavy atom. The van der Waals surface area contributed by atoms with Gasteiger partial charge in [-0.1, -0.05) is 81.3 Å². The van der Waals surface area contributed by atoms with E-state index in [0.717, 1.165) is 12.8 Å². The van der Waals surface area contributed by atoms with Crippen LogP contribution >= 0.6 is 0 Å². The summed E-state index contributed by atoms with van der Waals surface area (Å²) in [5, 5.41) is 0. The molecule has 3 heteroatoms. The topological polar surface area (TPSA) is 27.7 Å². The van der Waals surface area contributed by atoms with E-state index in [4.69, 9.17) is 14.2 Å². The molecule has 0 N–H and O–H groups in total. The standard InChI is InChI=1S/C19H40O3.C7H8/c1-8-9-10-11-12-13-14-15-19(20-16(2)3,21-17(4)5)22-18(6)7;1-7-5-3-2-4-6-7/h16-18H,8-15H2,1-7H3;2-6H,1H3. The smallest absolute Gasteiger partial charge is 0.283 e. The normalized spacial score (nSPS) is 11.8. The van der Waals surface area contributed by atoms with E-state index in [-0.39, 0.29) is 18.3 Å². The maximum absolute atomic E-state index is 6.06. The summed E-state index contributed by atoms with van der Waals surface area (Å²) in [5.74, 6) is -0.889. The predicted molar refractivity (Wildman–Crippen MR) is 125 cm³/mol. The molecule has 29 heavy (non-hydrogen) atoms. The molecule has 0 bridgehead atoms. The Morgan fingerprint density at radius 1 is 0.655 bits per heavy atom. The van der Waals surface area contributed by atoms with Gasteiger partial charge in [0.05, 0.1) is 18.3 Å². The zero-order valence-corrected chi connectivity index (χ0v) is 20.5. The Balaban J connectivity index is 0.000000929. The van der Waals surface area contributed by atoms with E-state index in [1.165, 1.54) is 44.1 Å². The Hall–Kier alpha value is -0.900. The summed E-state index contributed by atoms with van der Waals surface area (Å²) in [6, 6.07) is 10.3. The van der Waals surface area contributed by atoms with Gasteiger partial charge in [0.1, 0.15) is 0 Å². The summed E-state index contributed by atoms with van der Waals surface area (Å²) in [5.41, 5.74) is 1.32. The molecule has 0 aliphatic rings. The van der Waals surface area contributed by atoms with E-state index < -0.39 is 5.97 Å². The third kappa shape index (κ3) is 16.6. The number of rotatable bonds is 14. The van der Waals surface area contributed by atoms with E-state index in [9.17, 15) is 0 Å².